The van der Waals surface area contributed by atoms with E-state index >= 15 is 0 Å². The van der Waals surface area contributed by atoms with Crippen molar-refractivity contribution in [2.24, 2.45) is 0 Å². The lowest BCUT2D eigenvalue weighted by molar-refractivity contribution is -0.137. The van der Waals surface area contributed by atoms with Gasteiger partial charge in [-0.2, -0.15) is 17.5 Å². The zero-order valence-electron chi connectivity index (χ0n) is 20.5. The molecule has 0 bridgehead atoms. The van der Waals surface area contributed by atoms with Gasteiger partial charge in [-0.3, -0.25) is 14.8 Å². The van der Waals surface area contributed by atoms with E-state index in [9.17, 15) is 30.8 Å². The normalized spacial score (nSPS) is 18.5. The zero-order chi connectivity index (χ0) is 28.0. The van der Waals surface area contributed by atoms with Gasteiger partial charge in [0.25, 0.3) is 10.0 Å². The van der Waals surface area contributed by atoms with E-state index in [0.717, 1.165) is 28.7 Å². The van der Waals surface area contributed by atoms with Crippen molar-refractivity contribution in [2.45, 2.75) is 43.1 Å². The molecular formula is C26H22F4N4O4S. The number of hydrogen-bond acceptors (Lipinski definition) is 6. The minimum absolute atomic E-state index is 0.0549. The van der Waals surface area contributed by atoms with Gasteiger partial charge in [0.1, 0.15) is 16.9 Å². The van der Waals surface area contributed by atoms with Crippen LogP contribution in [0, 0.1) is 5.82 Å². The highest BCUT2D eigenvalue weighted by Crippen LogP contribution is 2.36. The second kappa shape index (κ2) is 9.72. The van der Waals surface area contributed by atoms with E-state index in [0.29, 0.717) is 23.4 Å². The molecule has 1 amide bonds. The predicted octanol–water partition coefficient (Wildman–Crippen LogP) is 4.91. The van der Waals surface area contributed by atoms with Gasteiger partial charge in [0.2, 0.25) is 11.0 Å². The minimum atomic E-state index is -4.50. The summed E-state index contributed by atoms with van der Waals surface area (Å²) in [5.74, 6) is -1.09. The van der Waals surface area contributed by atoms with Crippen molar-refractivity contribution in [1.29, 1.82) is 0 Å². The number of rotatable bonds is 6. The number of aromatic nitrogens is 2. The first kappa shape index (κ1) is 26.8. The molecule has 4 heterocycles. The van der Waals surface area contributed by atoms with Gasteiger partial charge in [-0.1, -0.05) is 0 Å². The third-order valence-corrected chi connectivity index (χ3v) is 8.57. The Morgan fingerprint density at radius 3 is 2.64 bits per heavy atom. The lowest BCUT2D eigenvalue weighted by Gasteiger charge is -2.32. The molecule has 1 aromatic carbocycles. The molecule has 39 heavy (non-hydrogen) atoms. The highest BCUT2D eigenvalue weighted by molar-refractivity contribution is 7.89. The van der Waals surface area contributed by atoms with Gasteiger partial charge in [0.05, 0.1) is 23.5 Å². The highest BCUT2D eigenvalue weighted by Gasteiger charge is 2.50. The Morgan fingerprint density at radius 1 is 1.13 bits per heavy atom. The number of halogens is 4. The number of amides is 1. The molecule has 1 atom stereocenters. The summed E-state index contributed by atoms with van der Waals surface area (Å²) in [7, 11) is -4.23. The first-order chi connectivity index (χ1) is 18.4. The smallest absolute Gasteiger partial charge is 0.417 e. The summed E-state index contributed by atoms with van der Waals surface area (Å²) >= 11 is 0. The summed E-state index contributed by atoms with van der Waals surface area (Å²) in [4.78, 5) is 21.4. The van der Waals surface area contributed by atoms with Crippen LogP contribution in [0.2, 0.25) is 0 Å². The Bertz CT molecular complexity index is 1650. The number of furan rings is 1. The molecule has 13 heteroatoms. The van der Waals surface area contributed by atoms with E-state index in [1.54, 1.807) is 12.1 Å². The predicted molar refractivity (Wildman–Crippen MR) is 132 cm³/mol. The number of pyridine rings is 2. The monoisotopic (exact) mass is 562 g/mol. The lowest BCUT2D eigenvalue weighted by Crippen LogP contribution is -2.55. The number of benzene rings is 1. The van der Waals surface area contributed by atoms with Crippen LogP contribution in [-0.4, -0.2) is 40.7 Å². The molecule has 1 aliphatic rings. The van der Waals surface area contributed by atoms with E-state index in [4.69, 9.17) is 4.42 Å². The van der Waals surface area contributed by atoms with Crippen molar-refractivity contribution in [1.82, 2.24) is 19.6 Å². The number of alkyl halides is 3. The first-order valence-corrected chi connectivity index (χ1v) is 13.3. The van der Waals surface area contributed by atoms with Crippen molar-refractivity contribution in [3.8, 4) is 11.3 Å². The number of carbonyl (C=O) groups is 1. The van der Waals surface area contributed by atoms with E-state index < -0.39 is 39.0 Å². The van der Waals surface area contributed by atoms with Gasteiger partial charge in [0.15, 0.2) is 0 Å². The van der Waals surface area contributed by atoms with Crippen LogP contribution in [0.25, 0.3) is 22.2 Å². The molecule has 0 radical (unpaired) electrons. The van der Waals surface area contributed by atoms with Gasteiger partial charge < -0.3 is 9.73 Å². The summed E-state index contributed by atoms with van der Waals surface area (Å²) in [6, 6.07) is 10.2. The van der Waals surface area contributed by atoms with Gasteiger partial charge in [0, 0.05) is 36.0 Å². The summed E-state index contributed by atoms with van der Waals surface area (Å²) < 4.78 is 85.5. The summed E-state index contributed by atoms with van der Waals surface area (Å²) in [5, 5.41) is 2.62. The van der Waals surface area contributed by atoms with Crippen molar-refractivity contribution < 1.29 is 35.2 Å². The lowest BCUT2D eigenvalue weighted by atomic mass is 9.99. The third kappa shape index (κ3) is 5.11. The zero-order valence-corrected chi connectivity index (χ0v) is 21.3. The van der Waals surface area contributed by atoms with Gasteiger partial charge in [-0.15, -0.1) is 0 Å². The number of nitrogens with zero attached hydrogens (tertiary/aromatic N) is 3. The average molecular weight is 563 g/mol. The Hall–Kier alpha value is -3.84. The fraction of sp³-hybridized carbons (Fsp3) is 0.269. The number of nitrogens with one attached hydrogen (secondary N) is 1. The highest BCUT2D eigenvalue weighted by atomic mass is 32.2. The number of carbonyl (C=O) groups excluding carboxylic acids is 1. The molecule has 1 unspecified atom stereocenters. The fourth-order valence-corrected chi connectivity index (χ4v) is 6.37. The molecule has 1 N–H and O–H groups in total. The Kier molecular flexibility index (Phi) is 6.67. The van der Waals surface area contributed by atoms with Crippen LogP contribution in [0.4, 0.5) is 17.6 Å². The minimum Gasteiger partial charge on any atom is -0.443 e. The van der Waals surface area contributed by atoms with Crippen molar-refractivity contribution in [3.63, 3.8) is 0 Å². The van der Waals surface area contributed by atoms with E-state index in [1.807, 2.05) is 0 Å². The molecule has 8 nitrogen and oxygen atoms in total. The summed E-state index contributed by atoms with van der Waals surface area (Å²) in [6.45, 7) is 1.55. The topological polar surface area (TPSA) is 105 Å². The van der Waals surface area contributed by atoms with Crippen LogP contribution in [0.1, 0.15) is 31.0 Å². The van der Waals surface area contributed by atoms with Crippen LogP contribution >= 0.6 is 0 Å². The van der Waals surface area contributed by atoms with Crippen molar-refractivity contribution >= 4 is 26.9 Å². The molecule has 5 rings (SSSR count). The Morgan fingerprint density at radius 2 is 1.92 bits per heavy atom. The van der Waals surface area contributed by atoms with E-state index in [2.05, 4.69) is 15.3 Å². The summed E-state index contributed by atoms with van der Waals surface area (Å²) in [5.41, 5.74) is -0.891. The SMILES string of the molecule is CC1(C(=O)NCc2cc(-c3ccc(C(F)(F)F)cn3)ccn2)CCCN1S(=O)(=O)c1cc2cc(F)ccc2o1. The van der Waals surface area contributed by atoms with Gasteiger partial charge in [-0.05, 0) is 62.2 Å². The molecule has 204 valence electrons. The molecule has 0 aliphatic carbocycles. The van der Waals surface area contributed by atoms with Crippen LogP contribution in [0.15, 0.2) is 70.4 Å². The largest absolute Gasteiger partial charge is 0.443 e. The first-order valence-electron chi connectivity index (χ1n) is 11.9. The van der Waals surface area contributed by atoms with Crippen molar-refractivity contribution in [2.75, 3.05) is 6.54 Å². The number of sulfonamides is 1. The molecule has 1 saturated heterocycles. The van der Waals surface area contributed by atoms with Gasteiger partial charge in [-0.25, -0.2) is 12.8 Å². The van der Waals surface area contributed by atoms with Crippen LogP contribution in [0.3, 0.4) is 0 Å². The number of hydrogen-bond donors (Lipinski definition) is 1. The molecule has 3 aromatic heterocycles. The van der Waals surface area contributed by atoms with Gasteiger partial charge >= 0.3 is 6.18 Å². The summed E-state index contributed by atoms with van der Waals surface area (Å²) in [6.07, 6.45) is -1.62. The maximum atomic E-state index is 13.6. The number of fused-ring (bicyclic) bond motifs is 1. The molecule has 1 fully saturated rings. The second-order valence-corrected chi connectivity index (χ2v) is 11.1. The van der Waals surface area contributed by atoms with E-state index in [1.165, 1.54) is 31.3 Å². The van der Waals surface area contributed by atoms with Crippen molar-refractivity contribution in [3.05, 3.63) is 78.0 Å². The van der Waals surface area contributed by atoms with E-state index in [-0.39, 0.29) is 35.6 Å². The quantitative estimate of drug-likeness (QED) is 0.335. The molecule has 0 saturated carbocycles. The average Bonchev–Trinajstić information content (AvgIpc) is 3.52. The Labute approximate surface area is 220 Å². The fourth-order valence-electron chi connectivity index (χ4n) is 4.60. The molecule has 4 aromatic rings. The maximum absolute atomic E-state index is 13.6. The molecule has 0 spiro atoms. The maximum Gasteiger partial charge on any atom is 0.417 e. The second-order valence-electron chi connectivity index (χ2n) is 9.35. The standard InChI is InChI=1S/C26H22F4N4O4S/c1-25(8-2-10-34(25)39(36,37)23-13-17-11-19(27)4-6-22(17)38-23)24(35)33-15-20-12-16(7-9-31-20)21-5-3-18(14-32-21)26(28,29)30/h3-7,9,11-14H,2,8,10,15H2,1H3,(H,33,35). The molecular weight excluding hydrogens is 540 g/mol. The van der Waals surface area contributed by atoms with Crippen LogP contribution in [0.5, 0.6) is 0 Å². The van der Waals surface area contributed by atoms with Crippen LogP contribution < -0.4 is 5.32 Å². The van der Waals surface area contributed by atoms with Crippen LogP contribution in [-0.2, 0) is 27.5 Å². The molecule has 1 aliphatic heterocycles. The Balaban J connectivity index is 1.32. The third-order valence-electron chi connectivity index (χ3n) is 6.70.